The van der Waals surface area contributed by atoms with Gasteiger partial charge in [-0.15, -0.1) is 0 Å². The lowest BCUT2D eigenvalue weighted by Gasteiger charge is -2.16. The van der Waals surface area contributed by atoms with E-state index in [-0.39, 0.29) is 5.70 Å². The van der Waals surface area contributed by atoms with Crippen molar-refractivity contribution in [2.45, 2.75) is 4.90 Å². The number of ether oxygens (including phenoxy) is 1. The molecule has 0 saturated heterocycles. The Kier molecular flexibility index (Phi) is 5.79. The third kappa shape index (κ3) is 3.92. The molecule has 1 aliphatic heterocycles. The molecule has 1 aliphatic rings. The molecule has 0 aliphatic carbocycles. The largest absolute Gasteiger partial charge is 0.497 e. The fourth-order valence-corrected chi connectivity index (χ4v) is 4.19. The average Bonchev–Trinajstić information content (AvgIpc) is 2.99. The van der Waals surface area contributed by atoms with Crippen molar-refractivity contribution in [3.63, 3.8) is 0 Å². The van der Waals surface area contributed by atoms with Gasteiger partial charge in [-0.2, -0.15) is 0 Å². The van der Waals surface area contributed by atoms with E-state index in [1.165, 1.54) is 11.8 Å². The molecule has 4 rings (SSSR count). The molecule has 5 nitrogen and oxygen atoms in total. The first kappa shape index (κ1) is 20.1. The minimum atomic E-state index is -0.464. The maximum absolute atomic E-state index is 13.3. The molecule has 3 aromatic rings. The third-order valence-electron chi connectivity index (χ3n) is 4.44. The van der Waals surface area contributed by atoms with Crippen molar-refractivity contribution in [1.82, 2.24) is 0 Å². The summed E-state index contributed by atoms with van der Waals surface area (Å²) in [6.07, 6.45) is 0. The summed E-state index contributed by atoms with van der Waals surface area (Å²) in [7, 11) is 1.57. The molecular formula is C23H17ClN2O3S. The van der Waals surface area contributed by atoms with Crippen LogP contribution in [-0.4, -0.2) is 18.9 Å². The SMILES string of the molecule is COc1cccc(NC2=C(Sc3ccccc3)C(=O)N(c3ccccc3Cl)C2=O)c1. The molecular weight excluding hydrogens is 420 g/mol. The summed E-state index contributed by atoms with van der Waals surface area (Å²) in [5.41, 5.74) is 1.18. The summed E-state index contributed by atoms with van der Waals surface area (Å²) in [4.78, 5) is 28.9. The number of benzene rings is 3. The van der Waals surface area contributed by atoms with Gasteiger partial charge < -0.3 is 10.1 Å². The second-order valence-electron chi connectivity index (χ2n) is 6.37. The summed E-state index contributed by atoms with van der Waals surface area (Å²) in [5.74, 6) is -0.251. The minimum absolute atomic E-state index is 0.196. The number of halogens is 1. The van der Waals surface area contributed by atoms with E-state index < -0.39 is 11.8 Å². The van der Waals surface area contributed by atoms with Gasteiger partial charge in [-0.3, -0.25) is 9.59 Å². The molecule has 0 saturated carbocycles. The molecule has 2 amide bonds. The highest BCUT2D eigenvalue weighted by Gasteiger charge is 2.41. The molecule has 0 aromatic heterocycles. The van der Waals surface area contributed by atoms with E-state index in [0.717, 1.165) is 9.80 Å². The van der Waals surface area contributed by atoms with Crippen LogP contribution >= 0.6 is 23.4 Å². The van der Waals surface area contributed by atoms with Crippen molar-refractivity contribution in [2.75, 3.05) is 17.3 Å². The number of thioether (sulfide) groups is 1. The zero-order valence-electron chi connectivity index (χ0n) is 16.0. The Morgan fingerprint density at radius 1 is 0.900 bits per heavy atom. The second kappa shape index (κ2) is 8.65. The van der Waals surface area contributed by atoms with Crippen LogP contribution in [0.1, 0.15) is 0 Å². The van der Waals surface area contributed by atoms with E-state index >= 15 is 0 Å². The summed E-state index contributed by atoms with van der Waals surface area (Å²) >= 11 is 7.52. The lowest BCUT2D eigenvalue weighted by Crippen LogP contribution is -2.32. The molecule has 0 atom stereocenters. The summed E-state index contributed by atoms with van der Waals surface area (Å²) in [6.45, 7) is 0. The normalized spacial score (nSPS) is 13.7. The Balaban J connectivity index is 1.76. The molecule has 0 bridgehead atoms. The van der Waals surface area contributed by atoms with Crippen molar-refractivity contribution in [2.24, 2.45) is 0 Å². The van der Waals surface area contributed by atoms with Crippen LogP contribution in [0.2, 0.25) is 5.02 Å². The van der Waals surface area contributed by atoms with Gasteiger partial charge in [0.25, 0.3) is 11.8 Å². The van der Waals surface area contributed by atoms with E-state index in [4.69, 9.17) is 16.3 Å². The summed E-state index contributed by atoms with van der Waals surface area (Å²) in [5, 5.41) is 3.43. The zero-order chi connectivity index (χ0) is 21.1. The highest BCUT2D eigenvalue weighted by molar-refractivity contribution is 8.04. The van der Waals surface area contributed by atoms with E-state index in [1.54, 1.807) is 55.6 Å². The first-order chi connectivity index (χ1) is 14.6. The maximum Gasteiger partial charge on any atom is 0.283 e. The van der Waals surface area contributed by atoms with Crippen LogP contribution in [0.3, 0.4) is 0 Å². The predicted molar refractivity (Wildman–Crippen MR) is 120 cm³/mol. The smallest absolute Gasteiger partial charge is 0.283 e. The van der Waals surface area contributed by atoms with Crippen molar-refractivity contribution in [3.8, 4) is 5.75 Å². The Hall–Kier alpha value is -3.22. The summed E-state index contributed by atoms with van der Waals surface area (Å²) < 4.78 is 5.25. The molecule has 7 heteroatoms. The molecule has 0 fully saturated rings. The summed E-state index contributed by atoms with van der Waals surface area (Å²) in [6, 6.07) is 23.4. The quantitative estimate of drug-likeness (QED) is 0.529. The van der Waals surface area contributed by atoms with Gasteiger partial charge in [0.05, 0.1) is 17.8 Å². The van der Waals surface area contributed by atoms with E-state index in [9.17, 15) is 9.59 Å². The Bertz CT molecular complexity index is 1150. The number of hydrogen-bond donors (Lipinski definition) is 1. The van der Waals surface area contributed by atoms with E-state index in [1.807, 2.05) is 30.3 Å². The fraction of sp³-hybridized carbons (Fsp3) is 0.0435. The number of hydrogen-bond acceptors (Lipinski definition) is 5. The topological polar surface area (TPSA) is 58.6 Å². The molecule has 150 valence electrons. The molecule has 3 aromatic carbocycles. The van der Waals surface area contributed by atoms with E-state index in [2.05, 4.69) is 5.32 Å². The number of nitrogens with one attached hydrogen (secondary N) is 1. The monoisotopic (exact) mass is 436 g/mol. The number of amides is 2. The second-order valence-corrected chi connectivity index (χ2v) is 7.86. The van der Waals surface area contributed by atoms with Crippen molar-refractivity contribution < 1.29 is 14.3 Å². The van der Waals surface area contributed by atoms with Crippen LogP contribution in [0.5, 0.6) is 5.75 Å². The number of carbonyl (C=O) groups excluding carboxylic acids is 2. The van der Waals surface area contributed by atoms with Gasteiger partial charge in [-0.05, 0) is 36.4 Å². The highest BCUT2D eigenvalue weighted by Crippen LogP contribution is 2.39. The van der Waals surface area contributed by atoms with Crippen molar-refractivity contribution >= 4 is 46.6 Å². The fourth-order valence-electron chi connectivity index (χ4n) is 3.02. The lowest BCUT2D eigenvalue weighted by atomic mass is 10.2. The van der Waals surface area contributed by atoms with Crippen molar-refractivity contribution in [1.29, 1.82) is 0 Å². The van der Waals surface area contributed by atoms with Gasteiger partial charge in [0.1, 0.15) is 16.4 Å². The Morgan fingerprint density at radius 2 is 1.63 bits per heavy atom. The number of methoxy groups -OCH3 is 1. The van der Waals surface area contributed by atoms with Crippen LogP contribution in [0.15, 0.2) is 94.4 Å². The minimum Gasteiger partial charge on any atom is -0.497 e. The molecule has 1 N–H and O–H groups in total. The Labute approximate surface area is 183 Å². The first-order valence-electron chi connectivity index (χ1n) is 9.10. The van der Waals surface area contributed by atoms with Crippen LogP contribution < -0.4 is 15.0 Å². The maximum atomic E-state index is 13.3. The van der Waals surface area contributed by atoms with Crippen molar-refractivity contribution in [3.05, 3.63) is 94.5 Å². The zero-order valence-corrected chi connectivity index (χ0v) is 17.5. The third-order valence-corrected chi connectivity index (χ3v) is 5.85. The lowest BCUT2D eigenvalue weighted by molar-refractivity contribution is -0.120. The highest BCUT2D eigenvalue weighted by atomic mass is 35.5. The van der Waals surface area contributed by atoms with Gasteiger partial charge in [0.15, 0.2) is 0 Å². The van der Waals surface area contributed by atoms with Gasteiger partial charge in [0, 0.05) is 16.6 Å². The van der Waals surface area contributed by atoms with Crippen LogP contribution in [0.25, 0.3) is 0 Å². The number of carbonyl (C=O) groups is 2. The van der Waals surface area contributed by atoms with Gasteiger partial charge in [0.2, 0.25) is 0 Å². The average molecular weight is 437 g/mol. The van der Waals surface area contributed by atoms with Crippen LogP contribution in [-0.2, 0) is 9.59 Å². The van der Waals surface area contributed by atoms with Crippen LogP contribution in [0.4, 0.5) is 11.4 Å². The molecule has 30 heavy (non-hydrogen) atoms. The number of imide groups is 1. The number of rotatable bonds is 6. The predicted octanol–water partition coefficient (Wildman–Crippen LogP) is 5.34. The van der Waals surface area contributed by atoms with Gasteiger partial charge in [-0.1, -0.05) is 59.8 Å². The van der Waals surface area contributed by atoms with Crippen LogP contribution in [0, 0.1) is 0 Å². The van der Waals surface area contributed by atoms with E-state index in [0.29, 0.717) is 27.1 Å². The molecule has 0 spiro atoms. The molecule has 1 heterocycles. The standard InChI is InChI=1S/C23H17ClN2O3S/c1-29-16-9-7-8-15(14-16)25-20-21(30-17-10-3-2-4-11-17)23(28)26(22(20)27)19-13-6-5-12-18(19)24/h2-14,25H,1H3. The number of nitrogens with zero attached hydrogens (tertiary/aromatic N) is 1. The number of para-hydroxylation sites is 1. The number of anilines is 2. The van der Waals surface area contributed by atoms with Gasteiger partial charge >= 0.3 is 0 Å². The first-order valence-corrected chi connectivity index (χ1v) is 10.3. The Morgan fingerprint density at radius 3 is 2.37 bits per heavy atom. The molecule has 0 unspecified atom stereocenters. The van der Waals surface area contributed by atoms with Gasteiger partial charge in [-0.25, -0.2) is 4.90 Å². The molecule has 0 radical (unpaired) electrons.